The third-order valence-corrected chi connectivity index (χ3v) is 7.76. The van der Waals surface area contributed by atoms with Gasteiger partial charge in [0, 0.05) is 12.1 Å². The molecule has 170 valence electrons. The van der Waals surface area contributed by atoms with Crippen molar-refractivity contribution >= 4 is 28.0 Å². The first-order valence-electron chi connectivity index (χ1n) is 10.8. The molecule has 8 nitrogen and oxygen atoms in total. The number of hydroxylamine groups is 1. The van der Waals surface area contributed by atoms with E-state index in [9.17, 15) is 18.0 Å². The van der Waals surface area contributed by atoms with Crippen LogP contribution in [0.5, 0.6) is 0 Å². The summed E-state index contributed by atoms with van der Waals surface area (Å²) < 4.78 is 33.9. The minimum absolute atomic E-state index is 0.0540. The van der Waals surface area contributed by atoms with E-state index in [1.165, 1.54) is 28.0 Å². The standard InChI is InChI=1S/C22H30N2O6S/c25-21(23-27)14-13-17-7-6-12-20(15-17)31(28,29)24(18-8-2-1-3-9-18)16-22(26)30-19-10-4-5-11-19/h6-7,12-15,18-19,27H,1-5,8-11,16H2,(H,23,25)/b14-13+. The molecule has 1 amide bonds. The molecule has 3 rings (SSSR count). The topological polar surface area (TPSA) is 113 Å². The zero-order valence-corrected chi connectivity index (χ0v) is 18.4. The second-order valence-corrected chi connectivity index (χ2v) is 10.0. The Morgan fingerprint density at radius 2 is 1.77 bits per heavy atom. The summed E-state index contributed by atoms with van der Waals surface area (Å²) in [5, 5.41) is 8.60. The predicted octanol–water partition coefficient (Wildman–Crippen LogP) is 3.01. The number of hydrogen-bond acceptors (Lipinski definition) is 6. The maximum Gasteiger partial charge on any atom is 0.321 e. The molecule has 1 aromatic carbocycles. The van der Waals surface area contributed by atoms with Crippen molar-refractivity contribution in [3.63, 3.8) is 0 Å². The van der Waals surface area contributed by atoms with Gasteiger partial charge >= 0.3 is 5.97 Å². The van der Waals surface area contributed by atoms with Crippen LogP contribution in [0.15, 0.2) is 35.2 Å². The van der Waals surface area contributed by atoms with Gasteiger partial charge in [-0.3, -0.25) is 14.8 Å². The fourth-order valence-corrected chi connectivity index (χ4v) is 5.94. The highest BCUT2D eigenvalue weighted by Crippen LogP contribution is 2.29. The second-order valence-electron chi connectivity index (χ2n) is 8.12. The molecule has 0 atom stereocenters. The molecule has 0 unspecified atom stereocenters. The van der Waals surface area contributed by atoms with E-state index in [0.29, 0.717) is 18.4 Å². The highest BCUT2D eigenvalue weighted by molar-refractivity contribution is 7.89. The molecule has 0 saturated heterocycles. The summed E-state index contributed by atoms with van der Waals surface area (Å²) >= 11 is 0. The predicted molar refractivity (Wildman–Crippen MR) is 115 cm³/mol. The first-order chi connectivity index (χ1) is 14.9. The number of carbonyl (C=O) groups is 2. The van der Waals surface area contributed by atoms with Crippen LogP contribution >= 0.6 is 0 Å². The molecular weight excluding hydrogens is 420 g/mol. The van der Waals surface area contributed by atoms with Gasteiger partial charge in [-0.2, -0.15) is 4.31 Å². The van der Waals surface area contributed by atoms with E-state index in [1.807, 2.05) is 0 Å². The molecule has 0 radical (unpaired) electrons. The Labute approximate surface area is 183 Å². The minimum Gasteiger partial charge on any atom is -0.461 e. The lowest BCUT2D eigenvalue weighted by molar-refractivity contribution is -0.149. The van der Waals surface area contributed by atoms with Gasteiger partial charge in [0.2, 0.25) is 10.0 Å². The molecule has 2 aliphatic carbocycles. The van der Waals surface area contributed by atoms with Gasteiger partial charge in [-0.15, -0.1) is 0 Å². The maximum absolute atomic E-state index is 13.5. The summed E-state index contributed by atoms with van der Waals surface area (Å²) in [5.74, 6) is -1.22. The molecule has 2 saturated carbocycles. The Hall–Kier alpha value is -2.23. The Morgan fingerprint density at radius 3 is 2.45 bits per heavy atom. The lowest BCUT2D eigenvalue weighted by Gasteiger charge is -2.33. The molecule has 31 heavy (non-hydrogen) atoms. The Balaban J connectivity index is 1.83. The number of nitrogens with zero attached hydrogens (tertiary/aromatic N) is 1. The SMILES string of the molecule is O=C(/C=C/c1cccc(S(=O)(=O)N(CC(=O)OC2CCCC2)C2CCCCC2)c1)NO. The van der Waals surface area contributed by atoms with Gasteiger partial charge in [0.1, 0.15) is 12.6 Å². The van der Waals surface area contributed by atoms with Crippen molar-refractivity contribution in [2.75, 3.05) is 6.54 Å². The van der Waals surface area contributed by atoms with Crippen molar-refractivity contribution in [1.29, 1.82) is 0 Å². The fraction of sp³-hybridized carbons (Fsp3) is 0.545. The lowest BCUT2D eigenvalue weighted by atomic mass is 9.95. The molecule has 0 heterocycles. The smallest absolute Gasteiger partial charge is 0.321 e. The molecular formula is C22H30N2O6S. The highest BCUT2D eigenvalue weighted by Gasteiger charge is 2.35. The van der Waals surface area contributed by atoms with Crippen LogP contribution in [0.3, 0.4) is 0 Å². The van der Waals surface area contributed by atoms with Crippen LogP contribution in [0.4, 0.5) is 0 Å². The molecule has 2 fully saturated rings. The van der Waals surface area contributed by atoms with E-state index < -0.39 is 21.9 Å². The fourth-order valence-electron chi connectivity index (χ4n) is 4.26. The molecule has 0 aromatic heterocycles. The first-order valence-corrected chi connectivity index (χ1v) is 12.3. The summed E-state index contributed by atoms with van der Waals surface area (Å²) in [7, 11) is -3.95. The molecule has 0 bridgehead atoms. The van der Waals surface area contributed by atoms with E-state index in [1.54, 1.807) is 12.1 Å². The number of ether oxygens (including phenoxy) is 1. The van der Waals surface area contributed by atoms with Crippen LogP contribution in [0.2, 0.25) is 0 Å². The number of rotatable bonds is 8. The summed E-state index contributed by atoms with van der Waals surface area (Å²) in [5.41, 5.74) is 1.98. The quantitative estimate of drug-likeness (QED) is 0.272. The molecule has 1 aromatic rings. The van der Waals surface area contributed by atoms with E-state index in [0.717, 1.165) is 51.0 Å². The first kappa shape index (κ1) is 23.4. The number of amides is 1. The average molecular weight is 451 g/mol. The second kappa shape index (κ2) is 10.9. The van der Waals surface area contributed by atoms with Crippen LogP contribution in [-0.4, -0.2) is 48.5 Å². The Morgan fingerprint density at radius 1 is 1.10 bits per heavy atom. The number of nitrogens with one attached hydrogen (secondary N) is 1. The van der Waals surface area contributed by atoms with Crippen molar-refractivity contribution in [3.05, 3.63) is 35.9 Å². The summed E-state index contributed by atoms with van der Waals surface area (Å²) in [6.45, 7) is -0.295. The van der Waals surface area contributed by atoms with E-state index in [4.69, 9.17) is 9.94 Å². The number of benzene rings is 1. The highest BCUT2D eigenvalue weighted by atomic mass is 32.2. The van der Waals surface area contributed by atoms with Gasteiger partial charge in [0.15, 0.2) is 0 Å². The van der Waals surface area contributed by atoms with Crippen LogP contribution in [0, 0.1) is 0 Å². The van der Waals surface area contributed by atoms with E-state index in [2.05, 4.69) is 0 Å². The normalized spacial score (nSPS) is 18.5. The zero-order valence-electron chi connectivity index (χ0n) is 17.5. The van der Waals surface area contributed by atoms with Gasteiger partial charge in [0.25, 0.3) is 5.91 Å². The zero-order chi connectivity index (χ0) is 22.3. The third-order valence-electron chi connectivity index (χ3n) is 5.87. The largest absolute Gasteiger partial charge is 0.461 e. The summed E-state index contributed by atoms with van der Waals surface area (Å²) in [4.78, 5) is 23.9. The monoisotopic (exact) mass is 450 g/mol. The Bertz CT molecular complexity index is 902. The van der Waals surface area contributed by atoms with Crippen molar-refractivity contribution in [3.8, 4) is 0 Å². The number of sulfonamides is 1. The molecule has 2 N–H and O–H groups in total. The average Bonchev–Trinajstić information content (AvgIpc) is 3.29. The van der Waals surface area contributed by atoms with Crippen molar-refractivity contribution in [2.45, 2.75) is 74.8 Å². The van der Waals surface area contributed by atoms with Crippen LogP contribution in [0.25, 0.3) is 6.08 Å². The number of hydrogen-bond donors (Lipinski definition) is 2. The molecule has 9 heteroatoms. The third kappa shape index (κ3) is 6.38. The van der Waals surface area contributed by atoms with Gasteiger partial charge in [-0.1, -0.05) is 31.4 Å². The van der Waals surface area contributed by atoms with Crippen molar-refractivity contribution in [2.24, 2.45) is 0 Å². The van der Waals surface area contributed by atoms with Gasteiger partial charge in [0.05, 0.1) is 4.90 Å². The molecule has 0 aliphatic heterocycles. The van der Waals surface area contributed by atoms with Gasteiger partial charge < -0.3 is 4.74 Å². The number of carbonyl (C=O) groups excluding carboxylic acids is 2. The molecule has 0 spiro atoms. The van der Waals surface area contributed by atoms with E-state index in [-0.39, 0.29) is 23.6 Å². The van der Waals surface area contributed by atoms with Crippen LogP contribution in [0.1, 0.15) is 63.4 Å². The van der Waals surface area contributed by atoms with Gasteiger partial charge in [-0.05, 0) is 62.3 Å². The van der Waals surface area contributed by atoms with Crippen LogP contribution in [-0.2, 0) is 24.3 Å². The molecule has 2 aliphatic rings. The van der Waals surface area contributed by atoms with E-state index >= 15 is 0 Å². The number of esters is 1. The van der Waals surface area contributed by atoms with Gasteiger partial charge in [-0.25, -0.2) is 13.9 Å². The maximum atomic E-state index is 13.5. The van der Waals surface area contributed by atoms with Crippen LogP contribution < -0.4 is 5.48 Å². The van der Waals surface area contributed by atoms with Crippen molar-refractivity contribution < 1.29 is 28.0 Å². The summed E-state index contributed by atoms with van der Waals surface area (Å²) in [6, 6.07) is 5.93. The summed E-state index contributed by atoms with van der Waals surface area (Å²) in [6.07, 6.45) is 10.4. The van der Waals surface area contributed by atoms with Crippen molar-refractivity contribution in [1.82, 2.24) is 9.79 Å². The Kier molecular flexibility index (Phi) is 8.22. The lowest BCUT2D eigenvalue weighted by Crippen LogP contribution is -2.45. The minimum atomic E-state index is -3.95.